The Kier molecular flexibility index (Phi) is 4.98. The molecule has 1 fully saturated rings. The molecule has 2 N–H and O–H groups in total. The van der Waals surface area contributed by atoms with Gasteiger partial charge in [-0.1, -0.05) is 0 Å². The van der Waals surface area contributed by atoms with Crippen molar-refractivity contribution in [3.05, 3.63) is 22.4 Å². The topological polar surface area (TPSA) is 32.5 Å². The van der Waals surface area contributed by atoms with Crippen molar-refractivity contribution in [1.82, 2.24) is 9.80 Å². The van der Waals surface area contributed by atoms with Crippen molar-refractivity contribution in [2.45, 2.75) is 25.4 Å². The third-order valence-corrected chi connectivity index (χ3v) is 4.19. The van der Waals surface area contributed by atoms with Gasteiger partial charge in [0.05, 0.1) is 0 Å². The summed E-state index contributed by atoms with van der Waals surface area (Å²) in [5.41, 5.74) is 7.34. The molecule has 0 atom stereocenters. The minimum Gasteiger partial charge on any atom is -0.328 e. The molecule has 1 saturated heterocycles. The molecule has 0 amide bonds. The summed E-state index contributed by atoms with van der Waals surface area (Å²) in [6.45, 7) is 5.73. The predicted octanol–water partition coefficient (Wildman–Crippen LogP) is 1.60. The minimum absolute atomic E-state index is 0.440. The van der Waals surface area contributed by atoms with E-state index in [1.165, 1.54) is 25.2 Å². The van der Waals surface area contributed by atoms with E-state index >= 15 is 0 Å². The van der Waals surface area contributed by atoms with Gasteiger partial charge >= 0.3 is 0 Å². The molecule has 4 heteroatoms. The van der Waals surface area contributed by atoms with Crippen LogP contribution < -0.4 is 5.73 Å². The fraction of sp³-hybridized carbons (Fsp3) is 0.692. The summed E-state index contributed by atoms with van der Waals surface area (Å²) >= 11 is 1.78. The first-order valence-electron chi connectivity index (χ1n) is 6.41. The summed E-state index contributed by atoms with van der Waals surface area (Å²) in [6.07, 6.45) is 2.32. The molecule has 17 heavy (non-hydrogen) atoms. The highest BCUT2D eigenvalue weighted by Gasteiger charge is 2.15. The fourth-order valence-corrected chi connectivity index (χ4v) is 2.92. The van der Waals surface area contributed by atoms with E-state index in [-0.39, 0.29) is 0 Å². The van der Waals surface area contributed by atoms with E-state index in [2.05, 4.69) is 33.7 Å². The molecule has 3 nitrogen and oxygen atoms in total. The Bertz CT molecular complexity index is 304. The summed E-state index contributed by atoms with van der Waals surface area (Å²) in [5.74, 6) is 0. The molecule has 1 aromatic heterocycles. The first kappa shape index (κ1) is 13.0. The highest BCUT2D eigenvalue weighted by Crippen LogP contribution is 2.10. The predicted molar refractivity (Wildman–Crippen MR) is 74.3 cm³/mol. The molecule has 0 radical (unpaired) electrons. The summed E-state index contributed by atoms with van der Waals surface area (Å²) in [4.78, 5) is 4.93. The molecule has 1 aromatic rings. The van der Waals surface area contributed by atoms with Crippen molar-refractivity contribution in [3.8, 4) is 0 Å². The zero-order chi connectivity index (χ0) is 12.1. The third kappa shape index (κ3) is 4.39. The van der Waals surface area contributed by atoms with Crippen molar-refractivity contribution in [1.29, 1.82) is 0 Å². The van der Waals surface area contributed by atoms with E-state index in [4.69, 9.17) is 5.73 Å². The first-order chi connectivity index (χ1) is 8.24. The Labute approximate surface area is 108 Å². The van der Waals surface area contributed by atoms with Gasteiger partial charge in [0.15, 0.2) is 0 Å². The van der Waals surface area contributed by atoms with Crippen molar-refractivity contribution in [2.75, 3.05) is 33.2 Å². The van der Waals surface area contributed by atoms with Crippen LogP contribution in [0.1, 0.15) is 18.4 Å². The Hall–Kier alpha value is -0.420. The molecule has 0 saturated carbocycles. The second-order valence-electron chi connectivity index (χ2n) is 5.05. The summed E-state index contributed by atoms with van der Waals surface area (Å²) in [7, 11) is 2.20. The van der Waals surface area contributed by atoms with Gasteiger partial charge in [-0.2, -0.15) is 11.3 Å². The molecular weight excluding hydrogens is 230 g/mol. The number of piperidine rings is 1. The van der Waals surface area contributed by atoms with Crippen LogP contribution in [0.2, 0.25) is 0 Å². The van der Waals surface area contributed by atoms with Gasteiger partial charge in [0, 0.05) is 25.7 Å². The van der Waals surface area contributed by atoms with Gasteiger partial charge in [-0.25, -0.2) is 0 Å². The Morgan fingerprint density at radius 3 is 2.88 bits per heavy atom. The largest absolute Gasteiger partial charge is 0.328 e. The van der Waals surface area contributed by atoms with Crippen LogP contribution in [0.15, 0.2) is 16.8 Å². The summed E-state index contributed by atoms with van der Waals surface area (Å²) in [5, 5.41) is 4.38. The maximum atomic E-state index is 5.91. The molecule has 0 unspecified atom stereocenters. The molecule has 0 spiro atoms. The number of nitrogens with two attached hydrogens (primary N) is 1. The second kappa shape index (κ2) is 6.50. The van der Waals surface area contributed by atoms with E-state index in [0.717, 1.165) is 25.9 Å². The minimum atomic E-state index is 0.440. The summed E-state index contributed by atoms with van der Waals surface area (Å²) < 4.78 is 0. The zero-order valence-corrected chi connectivity index (χ0v) is 11.5. The fourth-order valence-electron chi connectivity index (χ4n) is 2.26. The number of hydrogen-bond donors (Lipinski definition) is 1. The average Bonchev–Trinajstić information content (AvgIpc) is 2.81. The van der Waals surface area contributed by atoms with E-state index < -0.39 is 0 Å². The maximum absolute atomic E-state index is 5.91. The number of thiophene rings is 1. The molecule has 0 aromatic carbocycles. The first-order valence-corrected chi connectivity index (χ1v) is 7.36. The van der Waals surface area contributed by atoms with E-state index in [0.29, 0.717) is 6.04 Å². The highest BCUT2D eigenvalue weighted by molar-refractivity contribution is 7.07. The van der Waals surface area contributed by atoms with Crippen LogP contribution in [0, 0.1) is 0 Å². The molecule has 96 valence electrons. The second-order valence-corrected chi connectivity index (χ2v) is 5.83. The van der Waals surface area contributed by atoms with Crippen molar-refractivity contribution < 1.29 is 0 Å². The van der Waals surface area contributed by atoms with Crippen LogP contribution in [-0.4, -0.2) is 49.1 Å². The average molecular weight is 253 g/mol. The third-order valence-electron chi connectivity index (χ3n) is 3.46. The van der Waals surface area contributed by atoms with Crippen molar-refractivity contribution in [2.24, 2.45) is 5.73 Å². The van der Waals surface area contributed by atoms with E-state index in [9.17, 15) is 0 Å². The number of rotatable bonds is 5. The van der Waals surface area contributed by atoms with E-state index in [1.807, 2.05) is 0 Å². The number of hydrogen-bond acceptors (Lipinski definition) is 4. The Balaban J connectivity index is 1.64. The van der Waals surface area contributed by atoms with Crippen LogP contribution >= 0.6 is 11.3 Å². The van der Waals surface area contributed by atoms with Gasteiger partial charge in [-0.15, -0.1) is 0 Å². The van der Waals surface area contributed by atoms with Gasteiger partial charge in [-0.05, 0) is 55.4 Å². The number of likely N-dealkylation sites (N-methyl/N-ethyl adjacent to an activating group) is 1. The molecule has 1 aliphatic rings. The Morgan fingerprint density at radius 1 is 1.47 bits per heavy atom. The van der Waals surface area contributed by atoms with Gasteiger partial charge < -0.3 is 15.5 Å². The molecule has 0 aliphatic carbocycles. The van der Waals surface area contributed by atoms with Gasteiger partial charge in [0.25, 0.3) is 0 Å². The smallest absolute Gasteiger partial charge is 0.0239 e. The molecule has 0 bridgehead atoms. The molecule has 2 rings (SSSR count). The van der Waals surface area contributed by atoms with Crippen LogP contribution in [0.3, 0.4) is 0 Å². The lowest BCUT2D eigenvalue weighted by atomic mass is 10.1. The number of likely N-dealkylation sites (tertiary alicyclic amines) is 1. The van der Waals surface area contributed by atoms with Gasteiger partial charge in [-0.3, -0.25) is 0 Å². The molecular formula is C13H23N3S. The maximum Gasteiger partial charge on any atom is 0.0239 e. The van der Waals surface area contributed by atoms with Gasteiger partial charge in [0.1, 0.15) is 0 Å². The standard InChI is InChI=1S/C13H23N3S/c1-15(10-12-4-9-17-11-12)7-8-16-5-2-13(14)3-6-16/h4,9,11,13H,2-3,5-8,10,14H2,1H3. The van der Waals surface area contributed by atoms with Gasteiger partial charge in [0.2, 0.25) is 0 Å². The lowest BCUT2D eigenvalue weighted by molar-refractivity contribution is 0.184. The zero-order valence-electron chi connectivity index (χ0n) is 10.6. The highest BCUT2D eigenvalue weighted by atomic mass is 32.1. The summed E-state index contributed by atoms with van der Waals surface area (Å²) in [6, 6.07) is 2.65. The number of nitrogens with zero attached hydrogens (tertiary/aromatic N) is 2. The van der Waals surface area contributed by atoms with Crippen LogP contribution in [0.5, 0.6) is 0 Å². The van der Waals surface area contributed by atoms with Crippen molar-refractivity contribution >= 4 is 11.3 Å². The van der Waals surface area contributed by atoms with Crippen LogP contribution in [0.25, 0.3) is 0 Å². The Morgan fingerprint density at radius 2 is 2.24 bits per heavy atom. The van der Waals surface area contributed by atoms with Crippen LogP contribution in [-0.2, 0) is 6.54 Å². The lowest BCUT2D eigenvalue weighted by Gasteiger charge is -2.31. The monoisotopic (exact) mass is 253 g/mol. The lowest BCUT2D eigenvalue weighted by Crippen LogP contribution is -2.42. The van der Waals surface area contributed by atoms with Crippen molar-refractivity contribution in [3.63, 3.8) is 0 Å². The quantitative estimate of drug-likeness (QED) is 0.865. The van der Waals surface area contributed by atoms with E-state index in [1.54, 1.807) is 11.3 Å². The molecule has 1 aliphatic heterocycles. The SMILES string of the molecule is CN(CCN1CCC(N)CC1)Cc1ccsc1. The normalized spacial score (nSPS) is 19.0. The van der Waals surface area contributed by atoms with Crippen LogP contribution in [0.4, 0.5) is 0 Å². The molecule has 2 heterocycles.